The SMILES string of the molecule is COc1ccc(Cn2nc(Oc3cccnc3N)c3ncc(N4CCC(C)(NC(=O)OC(C)(C)C)CC4)nc32)cc1. The second kappa shape index (κ2) is 11.1. The van der Waals surface area contributed by atoms with E-state index in [1.54, 1.807) is 36.3 Å². The van der Waals surface area contributed by atoms with Crippen LogP contribution in [0.2, 0.25) is 0 Å². The maximum Gasteiger partial charge on any atom is 0.408 e. The van der Waals surface area contributed by atoms with Crippen LogP contribution < -0.4 is 25.4 Å². The molecule has 0 saturated carbocycles. The lowest BCUT2D eigenvalue weighted by Crippen LogP contribution is -2.54. The van der Waals surface area contributed by atoms with Crippen LogP contribution in [-0.4, -0.2) is 62.2 Å². The molecule has 0 bridgehead atoms. The minimum atomic E-state index is -0.549. The number of ether oxygens (including phenoxy) is 3. The molecule has 0 spiro atoms. The van der Waals surface area contributed by atoms with Crippen molar-refractivity contribution in [1.82, 2.24) is 30.0 Å². The maximum absolute atomic E-state index is 12.4. The highest BCUT2D eigenvalue weighted by atomic mass is 16.6. The molecule has 1 aliphatic rings. The van der Waals surface area contributed by atoms with Gasteiger partial charge in [-0.3, -0.25) is 0 Å². The number of hydrogen-bond acceptors (Lipinski definition) is 10. The predicted molar refractivity (Wildman–Crippen MR) is 155 cm³/mol. The minimum Gasteiger partial charge on any atom is -0.497 e. The number of pyridine rings is 1. The van der Waals surface area contributed by atoms with Crippen LogP contribution in [0.15, 0.2) is 48.8 Å². The Morgan fingerprint density at radius 2 is 1.85 bits per heavy atom. The number of methoxy groups -OCH3 is 1. The number of piperidine rings is 1. The molecule has 1 fully saturated rings. The second-order valence-electron chi connectivity index (χ2n) is 11.4. The van der Waals surface area contributed by atoms with Gasteiger partial charge in [-0.1, -0.05) is 12.1 Å². The Morgan fingerprint density at radius 3 is 2.51 bits per heavy atom. The van der Waals surface area contributed by atoms with Gasteiger partial charge >= 0.3 is 6.09 Å². The van der Waals surface area contributed by atoms with Gasteiger partial charge in [0.1, 0.15) is 17.2 Å². The van der Waals surface area contributed by atoms with Crippen molar-refractivity contribution in [1.29, 1.82) is 0 Å². The van der Waals surface area contributed by atoms with Crippen LogP contribution in [0.25, 0.3) is 11.2 Å². The summed E-state index contributed by atoms with van der Waals surface area (Å²) < 4.78 is 18.6. The van der Waals surface area contributed by atoms with Crippen molar-refractivity contribution < 1.29 is 19.0 Å². The summed E-state index contributed by atoms with van der Waals surface area (Å²) in [6.07, 6.45) is 4.38. The number of rotatable bonds is 7. The molecular formula is C29H36N8O4. The fourth-order valence-corrected chi connectivity index (χ4v) is 4.64. The van der Waals surface area contributed by atoms with Crippen molar-refractivity contribution in [3.8, 4) is 17.4 Å². The van der Waals surface area contributed by atoms with E-state index in [0.717, 1.165) is 30.0 Å². The van der Waals surface area contributed by atoms with Gasteiger partial charge in [0.05, 0.1) is 19.9 Å². The number of nitrogens with one attached hydrogen (secondary N) is 1. The van der Waals surface area contributed by atoms with Crippen LogP contribution in [0, 0.1) is 0 Å². The van der Waals surface area contributed by atoms with Crippen LogP contribution in [0.4, 0.5) is 16.4 Å². The quantitative estimate of drug-likeness (QED) is 0.331. The standard InChI is InChI=1S/C29H36N8O4/c1-28(2,3)41-27(38)34-29(4)12-15-36(16-13-29)22-17-32-23-25(33-22)37(18-19-8-10-20(39-5)11-9-19)35-26(23)40-21-7-6-14-31-24(21)30/h6-11,14,17H,12-13,15-16,18H2,1-5H3,(H2,30,31)(H,34,38). The number of anilines is 2. The van der Waals surface area contributed by atoms with E-state index in [1.165, 1.54) is 0 Å². The topological polar surface area (TPSA) is 143 Å². The highest BCUT2D eigenvalue weighted by Gasteiger charge is 2.34. The number of benzene rings is 1. The van der Waals surface area contributed by atoms with Crippen LogP contribution in [-0.2, 0) is 11.3 Å². The van der Waals surface area contributed by atoms with Crippen molar-refractivity contribution in [3.05, 3.63) is 54.4 Å². The van der Waals surface area contributed by atoms with Crippen molar-refractivity contribution >= 4 is 28.9 Å². The van der Waals surface area contributed by atoms with Crippen molar-refractivity contribution in [3.63, 3.8) is 0 Å². The van der Waals surface area contributed by atoms with Gasteiger partial charge in [-0.15, -0.1) is 5.10 Å². The summed E-state index contributed by atoms with van der Waals surface area (Å²) in [5, 5.41) is 7.76. The highest BCUT2D eigenvalue weighted by Crippen LogP contribution is 2.32. The Kier molecular flexibility index (Phi) is 7.57. The first-order valence-corrected chi connectivity index (χ1v) is 13.5. The molecule has 0 atom stereocenters. The molecule has 0 aliphatic carbocycles. The second-order valence-corrected chi connectivity index (χ2v) is 11.4. The molecule has 4 heterocycles. The molecule has 3 N–H and O–H groups in total. The van der Waals surface area contributed by atoms with Gasteiger partial charge in [0.2, 0.25) is 0 Å². The first-order valence-electron chi connectivity index (χ1n) is 13.5. The van der Waals surface area contributed by atoms with E-state index < -0.39 is 11.7 Å². The van der Waals surface area contributed by atoms with Crippen LogP contribution >= 0.6 is 0 Å². The summed E-state index contributed by atoms with van der Waals surface area (Å²) in [6, 6.07) is 11.2. The zero-order valence-electron chi connectivity index (χ0n) is 24.0. The van der Waals surface area contributed by atoms with E-state index >= 15 is 0 Å². The third-order valence-electron chi connectivity index (χ3n) is 6.89. The Hall–Kier alpha value is -4.61. The van der Waals surface area contributed by atoms with Gasteiger partial charge in [0.15, 0.2) is 22.7 Å². The van der Waals surface area contributed by atoms with Crippen LogP contribution in [0.5, 0.6) is 17.4 Å². The van der Waals surface area contributed by atoms with E-state index in [1.807, 2.05) is 52.0 Å². The van der Waals surface area contributed by atoms with Gasteiger partial charge in [0, 0.05) is 24.8 Å². The molecule has 3 aromatic heterocycles. The average molecular weight is 561 g/mol. The number of fused-ring (bicyclic) bond motifs is 1. The zero-order chi connectivity index (χ0) is 29.2. The molecular weight excluding hydrogens is 524 g/mol. The molecule has 1 saturated heterocycles. The average Bonchev–Trinajstić information content (AvgIpc) is 3.25. The van der Waals surface area contributed by atoms with Crippen molar-refractivity contribution in [2.75, 3.05) is 30.8 Å². The normalized spacial score (nSPS) is 15.0. The molecule has 1 aromatic carbocycles. The number of nitrogen functional groups attached to an aromatic ring is 1. The third-order valence-corrected chi connectivity index (χ3v) is 6.89. The zero-order valence-corrected chi connectivity index (χ0v) is 24.0. The minimum absolute atomic E-state index is 0.256. The first kappa shape index (κ1) is 27.9. The van der Waals surface area contributed by atoms with Gasteiger partial charge in [-0.2, -0.15) is 0 Å². The van der Waals surface area contributed by atoms with Crippen LogP contribution in [0.3, 0.4) is 0 Å². The van der Waals surface area contributed by atoms with Crippen molar-refractivity contribution in [2.24, 2.45) is 0 Å². The summed E-state index contributed by atoms with van der Waals surface area (Å²) in [5.41, 5.74) is 7.19. The van der Waals surface area contributed by atoms with Gasteiger partial charge < -0.3 is 30.2 Å². The summed E-state index contributed by atoms with van der Waals surface area (Å²) in [4.78, 5) is 28.3. The van der Waals surface area contributed by atoms with E-state index in [9.17, 15) is 4.79 Å². The number of carbonyl (C=O) groups excluding carboxylic acids is 1. The Balaban J connectivity index is 1.40. The summed E-state index contributed by atoms with van der Waals surface area (Å²) >= 11 is 0. The van der Waals surface area contributed by atoms with E-state index in [-0.39, 0.29) is 11.4 Å². The number of alkyl carbamates (subject to hydrolysis) is 1. The molecule has 5 rings (SSSR count). The lowest BCUT2D eigenvalue weighted by Gasteiger charge is -2.40. The van der Waals surface area contributed by atoms with E-state index in [2.05, 4.69) is 15.2 Å². The molecule has 12 nitrogen and oxygen atoms in total. The number of nitrogens with two attached hydrogens (primary N) is 1. The Morgan fingerprint density at radius 1 is 1.12 bits per heavy atom. The largest absolute Gasteiger partial charge is 0.497 e. The number of hydrogen-bond donors (Lipinski definition) is 2. The summed E-state index contributed by atoms with van der Waals surface area (Å²) in [7, 11) is 1.64. The number of amides is 1. The fourth-order valence-electron chi connectivity index (χ4n) is 4.64. The van der Waals surface area contributed by atoms with Gasteiger partial charge in [-0.25, -0.2) is 24.4 Å². The molecule has 12 heteroatoms. The van der Waals surface area contributed by atoms with Gasteiger partial charge in [-0.05, 0) is 70.4 Å². The van der Waals surface area contributed by atoms with Crippen LogP contribution in [0.1, 0.15) is 46.1 Å². The summed E-state index contributed by atoms with van der Waals surface area (Å²) in [6.45, 7) is 9.43. The molecule has 0 radical (unpaired) electrons. The maximum atomic E-state index is 12.4. The Bertz CT molecular complexity index is 1520. The number of carbonyl (C=O) groups is 1. The number of aromatic nitrogens is 5. The number of nitrogens with zero attached hydrogens (tertiary/aromatic N) is 6. The highest BCUT2D eigenvalue weighted by molar-refractivity contribution is 5.78. The third kappa shape index (κ3) is 6.59. The summed E-state index contributed by atoms with van der Waals surface area (Å²) in [5.74, 6) is 2.43. The first-order chi connectivity index (χ1) is 19.5. The molecule has 41 heavy (non-hydrogen) atoms. The molecule has 1 aliphatic heterocycles. The van der Waals surface area contributed by atoms with Crippen molar-refractivity contribution in [2.45, 2.75) is 58.2 Å². The monoisotopic (exact) mass is 560 g/mol. The van der Waals surface area contributed by atoms with E-state index in [0.29, 0.717) is 42.4 Å². The lowest BCUT2D eigenvalue weighted by atomic mass is 9.90. The predicted octanol–water partition coefficient (Wildman–Crippen LogP) is 4.54. The Labute approximate surface area is 238 Å². The fraction of sp³-hybridized carbons (Fsp3) is 0.414. The molecule has 4 aromatic rings. The molecule has 1 amide bonds. The molecule has 0 unspecified atom stereocenters. The lowest BCUT2D eigenvalue weighted by molar-refractivity contribution is 0.0448. The smallest absolute Gasteiger partial charge is 0.408 e. The molecule has 216 valence electrons. The van der Waals surface area contributed by atoms with Gasteiger partial charge in [0.25, 0.3) is 5.88 Å². The van der Waals surface area contributed by atoms with E-state index in [4.69, 9.17) is 35.0 Å².